The van der Waals surface area contributed by atoms with E-state index in [1.54, 1.807) is 0 Å². The van der Waals surface area contributed by atoms with Crippen LogP contribution in [0.5, 0.6) is 0 Å². The molecule has 4 heteroatoms. The predicted octanol–water partition coefficient (Wildman–Crippen LogP) is 12.4. The van der Waals surface area contributed by atoms with Crippen LogP contribution in [0.25, 0.3) is 0 Å². The van der Waals surface area contributed by atoms with Gasteiger partial charge in [-0.05, 0) is 64.2 Å². The van der Waals surface area contributed by atoms with Crippen LogP contribution in [0.3, 0.4) is 0 Å². The molecule has 0 fully saturated rings. The van der Waals surface area contributed by atoms with Gasteiger partial charge in [0, 0.05) is 12.8 Å². The van der Waals surface area contributed by atoms with Gasteiger partial charge < -0.3 is 9.47 Å². The SMILES string of the molecule is C=C(CCC(=O)OC(CCCCCCC)CCCCCCC)CCC(=O)OC(CCCCCCC)CCCCCCC. The van der Waals surface area contributed by atoms with Gasteiger partial charge in [-0.25, -0.2) is 0 Å². The molecule has 0 radical (unpaired) electrons. The monoisotopic (exact) mass is 593 g/mol. The molecule has 0 unspecified atom stereocenters. The van der Waals surface area contributed by atoms with Gasteiger partial charge in [-0.2, -0.15) is 0 Å². The van der Waals surface area contributed by atoms with E-state index in [4.69, 9.17) is 9.47 Å². The van der Waals surface area contributed by atoms with E-state index in [1.807, 2.05) is 0 Å². The van der Waals surface area contributed by atoms with Crippen LogP contribution < -0.4 is 0 Å². The number of hydrogen-bond donors (Lipinski definition) is 0. The molecule has 0 heterocycles. The van der Waals surface area contributed by atoms with Gasteiger partial charge in [0.2, 0.25) is 0 Å². The first-order chi connectivity index (χ1) is 20.5. The summed E-state index contributed by atoms with van der Waals surface area (Å²) in [6.45, 7) is 13.1. The molecule has 0 spiro atoms. The fourth-order valence-electron chi connectivity index (χ4n) is 5.60. The molecule has 0 saturated carbocycles. The van der Waals surface area contributed by atoms with E-state index >= 15 is 0 Å². The van der Waals surface area contributed by atoms with Crippen molar-refractivity contribution in [3.63, 3.8) is 0 Å². The lowest BCUT2D eigenvalue weighted by atomic mass is 10.0. The predicted molar refractivity (Wildman–Crippen MR) is 181 cm³/mol. The van der Waals surface area contributed by atoms with Crippen LogP contribution in [-0.4, -0.2) is 24.1 Å². The van der Waals surface area contributed by atoms with Crippen molar-refractivity contribution in [2.45, 2.75) is 220 Å². The number of rotatable bonds is 32. The second-order valence-electron chi connectivity index (χ2n) is 12.8. The fourth-order valence-corrected chi connectivity index (χ4v) is 5.60. The van der Waals surface area contributed by atoms with E-state index in [0.29, 0.717) is 25.7 Å². The third kappa shape index (κ3) is 27.5. The minimum atomic E-state index is -0.114. The second kappa shape index (κ2) is 31.1. The number of carbonyl (C=O) groups excluding carboxylic acids is 2. The van der Waals surface area contributed by atoms with E-state index < -0.39 is 0 Å². The Morgan fingerprint density at radius 3 is 0.952 bits per heavy atom. The average Bonchev–Trinajstić information content (AvgIpc) is 2.98. The van der Waals surface area contributed by atoms with E-state index in [0.717, 1.165) is 56.9 Å². The van der Waals surface area contributed by atoms with Crippen molar-refractivity contribution in [3.05, 3.63) is 12.2 Å². The van der Waals surface area contributed by atoms with Gasteiger partial charge in [-0.3, -0.25) is 9.59 Å². The Morgan fingerprint density at radius 2 is 0.690 bits per heavy atom. The number of hydrogen-bond acceptors (Lipinski definition) is 4. The van der Waals surface area contributed by atoms with Gasteiger partial charge >= 0.3 is 11.9 Å². The van der Waals surface area contributed by atoms with Crippen molar-refractivity contribution >= 4 is 11.9 Å². The molecule has 4 nitrogen and oxygen atoms in total. The Bertz CT molecular complexity index is 549. The Hall–Kier alpha value is -1.32. The van der Waals surface area contributed by atoms with Crippen LogP contribution in [0, 0.1) is 0 Å². The fraction of sp³-hybridized carbons (Fsp3) is 0.895. The molecule has 0 aromatic rings. The maximum Gasteiger partial charge on any atom is 0.306 e. The minimum Gasteiger partial charge on any atom is -0.462 e. The minimum absolute atomic E-state index is 0.0462. The van der Waals surface area contributed by atoms with Crippen molar-refractivity contribution in [2.24, 2.45) is 0 Å². The molecule has 0 aliphatic rings. The highest BCUT2D eigenvalue weighted by Crippen LogP contribution is 2.20. The van der Waals surface area contributed by atoms with Crippen molar-refractivity contribution in [2.75, 3.05) is 0 Å². The number of allylic oxidation sites excluding steroid dienone is 1. The summed E-state index contributed by atoms with van der Waals surface area (Å²) < 4.78 is 11.9. The van der Waals surface area contributed by atoms with Gasteiger partial charge in [-0.1, -0.05) is 143 Å². The van der Waals surface area contributed by atoms with Crippen molar-refractivity contribution in [1.29, 1.82) is 0 Å². The lowest BCUT2D eigenvalue weighted by Crippen LogP contribution is -2.19. The molecule has 0 aromatic carbocycles. The third-order valence-corrected chi connectivity index (χ3v) is 8.48. The van der Waals surface area contributed by atoms with Gasteiger partial charge in [0.15, 0.2) is 0 Å². The lowest BCUT2D eigenvalue weighted by molar-refractivity contribution is -0.150. The largest absolute Gasteiger partial charge is 0.462 e. The second-order valence-corrected chi connectivity index (χ2v) is 12.8. The first-order valence-corrected chi connectivity index (χ1v) is 18.5. The Balaban J connectivity index is 4.47. The molecule has 0 aliphatic heterocycles. The van der Waals surface area contributed by atoms with E-state index in [-0.39, 0.29) is 24.1 Å². The van der Waals surface area contributed by atoms with Gasteiger partial charge in [0.25, 0.3) is 0 Å². The summed E-state index contributed by atoms with van der Waals surface area (Å²) >= 11 is 0. The molecule has 0 bridgehead atoms. The first-order valence-electron chi connectivity index (χ1n) is 18.5. The summed E-state index contributed by atoms with van der Waals surface area (Å²) in [5, 5.41) is 0. The smallest absolute Gasteiger partial charge is 0.306 e. The lowest BCUT2D eigenvalue weighted by Gasteiger charge is -2.19. The molecule has 0 aromatic heterocycles. The van der Waals surface area contributed by atoms with Crippen LogP contribution in [0.15, 0.2) is 12.2 Å². The van der Waals surface area contributed by atoms with Gasteiger partial charge in [-0.15, -0.1) is 0 Å². The summed E-state index contributed by atoms with van der Waals surface area (Å²) in [7, 11) is 0. The molecule has 0 amide bonds. The average molecular weight is 593 g/mol. The molecule has 248 valence electrons. The van der Waals surface area contributed by atoms with Crippen LogP contribution >= 0.6 is 0 Å². The van der Waals surface area contributed by atoms with Gasteiger partial charge in [0.1, 0.15) is 12.2 Å². The number of unbranched alkanes of at least 4 members (excludes halogenated alkanes) is 16. The third-order valence-electron chi connectivity index (χ3n) is 8.48. The highest BCUT2D eigenvalue weighted by Gasteiger charge is 2.17. The quantitative estimate of drug-likeness (QED) is 0.0443. The topological polar surface area (TPSA) is 52.6 Å². The zero-order chi connectivity index (χ0) is 31.1. The van der Waals surface area contributed by atoms with E-state index in [1.165, 1.54) is 103 Å². The van der Waals surface area contributed by atoms with E-state index in [2.05, 4.69) is 34.3 Å². The summed E-state index contributed by atoms with van der Waals surface area (Å²) in [5.74, 6) is -0.228. The van der Waals surface area contributed by atoms with E-state index in [9.17, 15) is 9.59 Å². The van der Waals surface area contributed by atoms with Crippen molar-refractivity contribution < 1.29 is 19.1 Å². The molecule has 42 heavy (non-hydrogen) atoms. The molecule has 0 N–H and O–H groups in total. The summed E-state index contributed by atoms with van der Waals surface area (Å²) in [4.78, 5) is 25.4. The normalized spacial score (nSPS) is 11.4. The maximum atomic E-state index is 12.7. The Labute approximate surface area is 262 Å². The standard InChI is InChI=1S/C38H72O4/c1-6-10-14-18-22-26-35(27-23-19-15-11-7-2)41-37(39)32-30-34(5)31-33-38(40)42-36(28-24-20-16-12-8-3)29-25-21-17-13-9-4/h35-36H,5-33H2,1-4H3. The Morgan fingerprint density at radius 1 is 0.429 bits per heavy atom. The molecular formula is C38H72O4. The molecule has 0 saturated heterocycles. The van der Waals surface area contributed by atoms with Crippen LogP contribution in [-0.2, 0) is 19.1 Å². The maximum absolute atomic E-state index is 12.7. The zero-order valence-corrected chi connectivity index (χ0v) is 28.8. The van der Waals surface area contributed by atoms with Crippen molar-refractivity contribution in [3.8, 4) is 0 Å². The first kappa shape index (κ1) is 40.7. The highest BCUT2D eigenvalue weighted by molar-refractivity contribution is 5.71. The Kier molecular flexibility index (Phi) is 30.1. The van der Waals surface area contributed by atoms with Crippen LogP contribution in [0.2, 0.25) is 0 Å². The molecule has 0 aliphatic carbocycles. The van der Waals surface area contributed by atoms with Crippen LogP contribution in [0.1, 0.15) is 207 Å². The number of carbonyl (C=O) groups is 2. The summed E-state index contributed by atoms with van der Waals surface area (Å²) in [5.41, 5.74) is 0.940. The van der Waals surface area contributed by atoms with Gasteiger partial charge in [0.05, 0.1) is 0 Å². The number of ether oxygens (including phenoxy) is 2. The number of esters is 2. The van der Waals surface area contributed by atoms with Crippen LogP contribution in [0.4, 0.5) is 0 Å². The molecular weight excluding hydrogens is 520 g/mol. The summed E-state index contributed by atoms with van der Waals surface area (Å²) in [6, 6.07) is 0. The molecule has 0 atom stereocenters. The van der Waals surface area contributed by atoms with Crippen molar-refractivity contribution in [1.82, 2.24) is 0 Å². The highest BCUT2D eigenvalue weighted by atomic mass is 16.5. The molecule has 0 rings (SSSR count). The zero-order valence-electron chi connectivity index (χ0n) is 28.8. The summed E-state index contributed by atoms with van der Waals surface area (Å²) in [6.07, 6.45) is 30.6.